The van der Waals surface area contributed by atoms with Crippen molar-refractivity contribution in [3.05, 3.63) is 77.9 Å². The Balaban J connectivity index is 1.37. The lowest BCUT2D eigenvalue weighted by atomic mass is 10.1. The average molecular weight is 431 g/mol. The molecule has 0 fully saturated rings. The second-order valence-corrected chi connectivity index (χ2v) is 7.31. The fraction of sp³-hybridized carbons (Fsp3) is 0.200. The van der Waals surface area contributed by atoms with Crippen molar-refractivity contribution in [2.24, 2.45) is 0 Å². The summed E-state index contributed by atoms with van der Waals surface area (Å²) < 4.78 is 11.0. The predicted octanol–water partition coefficient (Wildman–Crippen LogP) is 4.32. The molecule has 0 unspecified atom stereocenters. The predicted molar refractivity (Wildman–Crippen MR) is 125 cm³/mol. The number of rotatable bonds is 7. The van der Waals surface area contributed by atoms with Crippen molar-refractivity contribution in [2.45, 2.75) is 13.3 Å². The highest BCUT2D eigenvalue weighted by atomic mass is 16.6. The molecule has 0 aromatic heterocycles. The first-order chi connectivity index (χ1) is 15.6. The molecule has 0 saturated carbocycles. The molecule has 0 radical (unpaired) electrons. The molecule has 2 amide bonds. The van der Waals surface area contributed by atoms with Gasteiger partial charge in [-0.3, -0.25) is 9.59 Å². The van der Waals surface area contributed by atoms with Crippen molar-refractivity contribution in [2.75, 3.05) is 35.7 Å². The number of hydrogen-bond donors (Lipinski definition) is 3. The standard InChI is InChI=1S/C25H25N3O4/c1-2-17-7-9-18(10-8-17)28-25(30)20-5-3-4-6-21(20)26-16-24(29)27-19-11-12-22-23(15-19)32-14-13-31-22/h3-12,15,26H,2,13-14,16H2,1H3,(H,27,29)(H,28,30). The topological polar surface area (TPSA) is 88.7 Å². The molecule has 0 saturated heterocycles. The highest BCUT2D eigenvalue weighted by Gasteiger charge is 2.14. The van der Waals surface area contributed by atoms with Crippen molar-refractivity contribution in [1.82, 2.24) is 0 Å². The van der Waals surface area contributed by atoms with Gasteiger partial charge in [-0.1, -0.05) is 31.2 Å². The largest absolute Gasteiger partial charge is 0.486 e. The SMILES string of the molecule is CCc1ccc(NC(=O)c2ccccc2NCC(=O)Nc2ccc3c(c2)OCCO3)cc1. The van der Waals surface area contributed by atoms with Crippen LogP contribution in [0.2, 0.25) is 0 Å². The summed E-state index contributed by atoms with van der Waals surface area (Å²) in [6.07, 6.45) is 0.940. The maximum Gasteiger partial charge on any atom is 0.257 e. The van der Waals surface area contributed by atoms with Crippen LogP contribution < -0.4 is 25.4 Å². The van der Waals surface area contributed by atoms with E-state index in [1.165, 1.54) is 5.56 Å². The Hall–Kier alpha value is -4.00. The quantitative estimate of drug-likeness (QED) is 0.518. The van der Waals surface area contributed by atoms with E-state index in [0.717, 1.165) is 12.1 Å². The highest BCUT2D eigenvalue weighted by Crippen LogP contribution is 2.32. The van der Waals surface area contributed by atoms with Gasteiger partial charge in [0.2, 0.25) is 5.91 Å². The Labute approximate surface area is 186 Å². The van der Waals surface area contributed by atoms with E-state index >= 15 is 0 Å². The van der Waals surface area contributed by atoms with Crippen LogP contribution in [0.5, 0.6) is 11.5 Å². The monoisotopic (exact) mass is 431 g/mol. The number of anilines is 3. The van der Waals surface area contributed by atoms with E-state index in [0.29, 0.717) is 41.7 Å². The number of carbonyl (C=O) groups is 2. The van der Waals surface area contributed by atoms with Gasteiger partial charge in [-0.15, -0.1) is 0 Å². The minimum Gasteiger partial charge on any atom is -0.486 e. The summed E-state index contributed by atoms with van der Waals surface area (Å²) in [7, 11) is 0. The van der Waals surface area contributed by atoms with Gasteiger partial charge in [-0.25, -0.2) is 0 Å². The number of aryl methyl sites for hydroxylation is 1. The highest BCUT2D eigenvalue weighted by molar-refractivity contribution is 6.08. The number of benzene rings is 3. The first kappa shape index (κ1) is 21.2. The minimum atomic E-state index is -0.246. The van der Waals surface area contributed by atoms with E-state index in [1.807, 2.05) is 30.3 Å². The van der Waals surface area contributed by atoms with Crippen LogP contribution in [0, 0.1) is 0 Å². The molecule has 3 aromatic rings. The first-order valence-electron chi connectivity index (χ1n) is 10.5. The summed E-state index contributed by atoms with van der Waals surface area (Å²) in [5.74, 6) is 0.782. The molecule has 3 N–H and O–H groups in total. The molecule has 0 bridgehead atoms. The van der Waals surface area contributed by atoms with Gasteiger partial charge in [-0.2, -0.15) is 0 Å². The van der Waals surface area contributed by atoms with Crippen molar-refractivity contribution in [1.29, 1.82) is 0 Å². The lowest BCUT2D eigenvalue weighted by Crippen LogP contribution is -2.23. The van der Waals surface area contributed by atoms with Gasteiger partial charge in [0, 0.05) is 23.1 Å². The fourth-order valence-electron chi connectivity index (χ4n) is 3.36. The van der Waals surface area contributed by atoms with E-state index in [-0.39, 0.29) is 18.4 Å². The molecule has 0 aliphatic carbocycles. The van der Waals surface area contributed by atoms with Gasteiger partial charge < -0.3 is 25.4 Å². The van der Waals surface area contributed by atoms with Crippen LogP contribution in [-0.2, 0) is 11.2 Å². The molecule has 0 spiro atoms. The molecule has 0 atom stereocenters. The zero-order valence-corrected chi connectivity index (χ0v) is 17.8. The Morgan fingerprint density at radius 2 is 1.56 bits per heavy atom. The third kappa shape index (κ3) is 5.18. The normalized spacial score (nSPS) is 12.0. The van der Waals surface area contributed by atoms with Gasteiger partial charge in [0.05, 0.1) is 12.1 Å². The van der Waals surface area contributed by atoms with Crippen LogP contribution in [0.3, 0.4) is 0 Å². The summed E-state index contributed by atoms with van der Waals surface area (Å²) in [4.78, 5) is 25.2. The van der Waals surface area contributed by atoms with E-state index < -0.39 is 0 Å². The minimum absolute atomic E-state index is 0.00390. The molecule has 7 heteroatoms. The molecule has 1 aliphatic rings. The molecule has 32 heavy (non-hydrogen) atoms. The summed E-state index contributed by atoms with van der Waals surface area (Å²) in [6, 6.07) is 20.1. The van der Waals surface area contributed by atoms with E-state index in [9.17, 15) is 9.59 Å². The second kappa shape index (κ2) is 9.87. The number of carbonyl (C=O) groups excluding carboxylic acids is 2. The van der Waals surface area contributed by atoms with Crippen molar-refractivity contribution < 1.29 is 19.1 Å². The third-order valence-corrected chi connectivity index (χ3v) is 5.06. The van der Waals surface area contributed by atoms with Crippen molar-refractivity contribution >= 4 is 28.9 Å². The number of nitrogens with one attached hydrogen (secondary N) is 3. The van der Waals surface area contributed by atoms with Crippen LogP contribution in [0.25, 0.3) is 0 Å². The van der Waals surface area contributed by atoms with Gasteiger partial charge >= 0.3 is 0 Å². The number of para-hydroxylation sites is 1. The molecule has 7 nitrogen and oxygen atoms in total. The van der Waals surface area contributed by atoms with Crippen LogP contribution >= 0.6 is 0 Å². The molecule has 3 aromatic carbocycles. The van der Waals surface area contributed by atoms with Crippen LogP contribution in [0.1, 0.15) is 22.8 Å². The Kier molecular flexibility index (Phi) is 6.55. The maximum absolute atomic E-state index is 12.8. The molecular weight excluding hydrogens is 406 g/mol. The van der Waals surface area contributed by atoms with Crippen molar-refractivity contribution in [3.8, 4) is 11.5 Å². The molecule has 164 valence electrons. The van der Waals surface area contributed by atoms with Crippen LogP contribution in [0.15, 0.2) is 66.7 Å². The van der Waals surface area contributed by atoms with Crippen LogP contribution in [-0.4, -0.2) is 31.6 Å². The summed E-state index contributed by atoms with van der Waals surface area (Å²) >= 11 is 0. The fourth-order valence-corrected chi connectivity index (χ4v) is 3.36. The summed E-state index contributed by atoms with van der Waals surface area (Å²) in [6.45, 7) is 3.08. The lowest BCUT2D eigenvalue weighted by Gasteiger charge is -2.19. The van der Waals surface area contributed by atoms with Gasteiger partial charge in [0.15, 0.2) is 11.5 Å². The maximum atomic E-state index is 12.8. The first-order valence-corrected chi connectivity index (χ1v) is 10.5. The third-order valence-electron chi connectivity index (χ3n) is 5.06. The number of ether oxygens (including phenoxy) is 2. The average Bonchev–Trinajstić information content (AvgIpc) is 2.83. The smallest absolute Gasteiger partial charge is 0.257 e. The summed E-state index contributed by atoms with van der Waals surface area (Å²) in [5, 5.41) is 8.78. The van der Waals surface area contributed by atoms with E-state index in [2.05, 4.69) is 22.9 Å². The van der Waals surface area contributed by atoms with Gasteiger partial charge in [0.1, 0.15) is 13.2 Å². The molecule has 1 heterocycles. The molecular formula is C25H25N3O4. The Bertz CT molecular complexity index is 1110. The van der Waals surface area contributed by atoms with Crippen LogP contribution in [0.4, 0.5) is 17.1 Å². The van der Waals surface area contributed by atoms with Gasteiger partial charge in [-0.05, 0) is 48.4 Å². The zero-order chi connectivity index (χ0) is 22.3. The van der Waals surface area contributed by atoms with E-state index in [1.54, 1.807) is 36.4 Å². The Morgan fingerprint density at radius 1 is 0.844 bits per heavy atom. The number of amides is 2. The van der Waals surface area contributed by atoms with Crippen molar-refractivity contribution in [3.63, 3.8) is 0 Å². The lowest BCUT2D eigenvalue weighted by molar-refractivity contribution is -0.114. The zero-order valence-electron chi connectivity index (χ0n) is 17.8. The Morgan fingerprint density at radius 3 is 2.34 bits per heavy atom. The summed E-state index contributed by atoms with van der Waals surface area (Å²) in [5.41, 5.74) is 3.57. The molecule has 4 rings (SSSR count). The molecule has 1 aliphatic heterocycles. The number of fused-ring (bicyclic) bond motifs is 1. The number of hydrogen-bond acceptors (Lipinski definition) is 5. The van der Waals surface area contributed by atoms with Gasteiger partial charge in [0.25, 0.3) is 5.91 Å². The van der Waals surface area contributed by atoms with E-state index in [4.69, 9.17) is 9.47 Å². The second-order valence-electron chi connectivity index (χ2n) is 7.31.